The molecule has 1 saturated heterocycles. The van der Waals surface area contributed by atoms with E-state index in [2.05, 4.69) is 0 Å². The molecular formula is C18H26O7. The Balaban J connectivity index is 1.97. The van der Waals surface area contributed by atoms with E-state index in [-0.39, 0.29) is 13.2 Å². The molecule has 2 rings (SSSR count). The second-order valence-electron chi connectivity index (χ2n) is 7.16. The molecule has 25 heavy (non-hydrogen) atoms. The Bertz CT molecular complexity index is 554. The molecule has 0 aliphatic carbocycles. The van der Waals surface area contributed by atoms with Gasteiger partial charge in [0.05, 0.1) is 12.0 Å². The van der Waals surface area contributed by atoms with Gasteiger partial charge in [-0.15, -0.1) is 0 Å². The third kappa shape index (κ3) is 5.23. The number of esters is 1. The minimum atomic E-state index is -1.54. The van der Waals surface area contributed by atoms with Gasteiger partial charge in [-0.3, -0.25) is 4.79 Å². The van der Waals surface area contributed by atoms with Crippen LogP contribution in [-0.4, -0.2) is 58.6 Å². The van der Waals surface area contributed by atoms with Crippen LogP contribution < -0.4 is 0 Å². The number of hydrogen-bond acceptors (Lipinski definition) is 7. The highest BCUT2D eigenvalue weighted by Gasteiger charge is 2.45. The second kappa shape index (κ2) is 8.25. The molecule has 0 aromatic heterocycles. The van der Waals surface area contributed by atoms with Crippen molar-refractivity contribution in [1.29, 1.82) is 0 Å². The van der Waals surface area contributed by atoms with Crippen molar-refractivity contribution in [3.63, 3.8) is 0 Å². The number of hydrogen-bond donors (Lipinski definition) is 3. The van der Waals surface area contributed by atoms with Gasteiger partial charge in [0.25, 0.3) is 0 Å². The molecule has 1 heterocycles. The van der Waals surface area contributed by atoms with Gasteiger partial charge in [0.1, 0.15) is 31.0 Å². The van der Waals surface area contributed by atoms with E-state index in [1.54, 1.807) is 20.8 Å². The minimum Gasteiger partial charge on any atom is -0.462 e. The Morgan fingerprint density at radius 2 is 1.76 bits per heavy atom. The summed E-state index contributed by atoms with van der Waals surface area (Å²) in [6, 6.07) is 9.25. The lowest BCUT2D eigenvalue weighted by atomic mass is 9.97. The molecule has 1 aromatic carbocycles. The van der Waals surface area contributed by atoms with Crippen LogP contribution in [0.25, 0.3) is 0 Å². The summed E-state index contributed by atoms with van der Waals surface area (Å²) < 4.78 is 15.9. The van der Waals surface area contributed by atoms with Gasteiger partial charge in [0.15, 0.2) is 6.29 Å². The van der Waals surface area contributed by atoms with Crippen molar-refractivity contribution in [2.75, 3.05) is 6.61 Å². The summed E-state index contributed by atoms with van der Waals surface area (Å²) in [7, 11) is 0. The topological polar surface area (TPSA) is 105 Å². The molecule has 0 saturated carbocycles. The highest BCUT2D eigenvalue weighted by molar-refractivity contribution is 5.75. The molecule has 1 aromatic rings. The maximum atomic E-state index is 11.8. The molecule has 0 amide bonds. The summed E-state index contributed by atoms with van der Waals surface area (Å²) in [5.41, 5.74) is 0.166. The molecule has 3 N–H and O–H groups in total. The lowest BCUT2D eigenvalue weighted by Crippen LogP contribution is -2.59. The fraction of sp³-hybridized carbons (Fsp3) is 0.611. The molecular weight excluding hydrogens is 328 g/mol. The van der Waals surface area contributed by atoms with Crippen LogP contribution in [0.4, 0.5) is 0 Å². The predicted molar refractivity (Wildman–Crippen MR) is 88.3 cm³/mol. The number of rotatable bonds is 5. The SMILES string of the molecule is CC(C)(C)C(=O)OC[C@H]1OC(O)[C@H](O)[C@@H](OCc2ccccc2)[C@@H]1O. The number of carbonyl (C=O) groups excluding carboxylic acids is 1. The van der Waals surface area contributed by atoms with E-state index in [0.29, 0.717) is 0 Å². The van der Waals surface area contributed by atoms with Crippen LogP contribution in [0.2, 0.25) is 0 Å². The quantitative estimate of drug-likeness (QED) is 0.665. The number of benzene rings is 1. The Morgan fingerprint density at radius 3 is 2.36 bits per heavy atom. The molecule has 0 spiro atoms. The van der Waals surface area contributed by atoms with Crippen LogP contribution >= 0.6 is 0 Å². The van der Waals surface area contributed by atoms with E-state index in [0.717, 1.165) is 5.56 Å². The Kier molecular flexibility index (Phi) is 6.53. The van der Waals surface area contributed by atoms with E-state index in [9.17, 15) is 20.1 Å². The van der Waals surface area contributed by atoms with E-state index >= 15 is 0 Å². The average molecular weight is 354 g/mol. The standard InChI is InChI=1S/C18H26O7/c1-18(2,3)17(22)24-10-12-13(19)15(14(20)16(21)25-12)23-9-11-7-5-4-6-8-11/h4-8,12-16,19-21H,9-10H2,1-3H3/t12-,13-,14-,15+,16?/m1/s1. The Labute approximate surface area is 147 Å². The highest BCUT2D eigenvalue weighted by atomic mass is 16.7. The fourth-order valence-corrected chi connectivity index (χ4v) is 2.39. The zero-order chi connectivity index (χ0) is 18.6. The molecule has 1 unspecified atom stereocenters. The summed E-state index contributed by atoms with van der Waals surface area (Å²) >= 11 is 0. The average Bonchev–Trinajstić information content (AvgIpc) is 2.56. The van der Waals surface area contributed by atoms with Crippen molar-refractivity contribution in [1.82, 2.24) is 0 Å². The third-order valence-electron chi connectivity index (χ3n) is 3.94. The Morgan fingerprint density at radius 1 is 1.12 bits per heavy atom. The van der Waals surface area contributed by atoms with Crippen molar-refractivity contribution in [2.24, 2.45) is 5.41 Å². The molecule has 140 valence electrons. The zero-order valence-corrected chi connectivity index (χ0v) is 14.7. The summed E-state index contributed by atoms with van der Waals surface area (Å²) in [5, 5.41) is 30.3. The van der Waals surface area contributed by atoms with Gasteiger partial charge in [-0.05, 0) is 26.3 Å². The first kappa shape index (κ1) is 19.8. The van der Waals surface area contributed by atoms with E-state index in [4.69, 9.17) is 14.2 Å². The normalized spacial score (nSPS) is 30.1. The summed E-state index contributed by atoms with van der Waals surface area (Å²) in [4.78, 5) is 11.8. The molecule has 0 bridgehead atoms. The summed E-state index contributed by atoms with van der Waals surface area (Å²) in [6.45, 7) is 5.03. The third-order valence-corrected chi connectivity index (χ3v) is 3.94. The predicted octanol–water partition coefficient (Wildman–Crippen LogP) is 0.600. The van der Waals surface area contributed by atoms with Crippen LogP contribution in [0.3, 0.4) is 0 Å². The van der Waals surface area contributed by atoms with E-state index in [1.165, 1.54) is 0 Å². The van der Waals surface area contributed by atoms with Gasteiger partial charge < -0.3 is 29.5 Å². The van der Waals surface area contributed by atoms with Crippen molar-refractivity contribution in [3.05, 3.63) is 35.9 Å². The van der Waals surface area contributed by atoms with E-state index in [1.807, 2.05) is 30.3 Å². The lowest BCUT2D eigenvalue weighted by Gasteiger charge is -2.40. The first-order valence-corrected chi connectivity index (χ1v) is 8.22. The summed E-state index contributed by atoms with van der Waals surface area (Å²) in [6.07, 6.45) is -6.27. The smallest absolute Gasteiger partial charge is 0.311 e. The molecule has 7 heteroatoms. The van der Waals surface area contributed by atoms with Crippen LogP contribution in [-0.2, 0) is 25.6 Å². The van der Waals surface area contributed by atoms with E-state index < -0.39 is 42.1 Å². The molecule has 1 aliphatic heterocycles. The minimum absolute atomic E-state index is 0.154. The van der Waals surface area contributed by atoms with Crippen LogP contribution in [0, 0.1) is 5.41 Å². The van der Waals surface area contributed by atoms with Gasteiger partial charge in [0, 0.05) is 0 Å². The molecule has 0 radical (unpaired) electrons. The first-order chi connectivity index (χ1) is 11.7. The van der Waals surface area contributed by atoms with Gasteiger partial charge in [0.2, 0.25) is 0 Å². The number of carbonyl (C=O) groups is 1. The lowest BCUT2D eigenvalue weighted by molar-refractivity contribution is -0.297. The van der Waals surface area contributed by atoms with Crippen LogP contribution in [0.15, 0.2) is 30.3 Å². The molecule has 5 atom stereocenters. The largest absolute Gasteiger partial charge is 0.462 e. The van der Waals surface area contributed by atoms with Crippen LogP contribution in [0.1, 0.15) is 26.3 Å². The number of aliphatic hydroxyl groups is 3. The molecule has 1 aliphatic rings. The van der Waals surface area contributed by atoms with Gasteiger partial charge in [-0.2, -0.15) is 0 Å². The van der Waals surface area contributed by atoms with Crippen LogP contribution in [0.5, 0.6) is 0 Å². The van der Waals surface area contributed by atoms with Crippen molar-refractivity contribution in [3.8, 4) is 0 Å². The zero-order valence-electron chi connectivity index (χ0n) is 14.7. The summed E-state index contributed by atoms with van der Waals surface area (Å²) in [5.74, 6) is -0.453. The molecule has 7 nitrogen and oxygen atoms in total. The maximum Gasteiger partial charge on any atom is 0.311 e. The first-order valence-electron chi connectivity index (χ1n) is 8.22. The fourth-order valence-electron chi connectivity index (χ4n) is 2.39. The van der Waals surface area contributed by atoms with Crippen molar-refractivity contribution < 1.29 is 34.3 Å². The van der Waals surface area contributed by atoms with Gasteiger partial charge in [-0.1, -0.05) is 30.3 Å². The number of ether oxygens (including phenoxy) is 3. The van der Waals surface area contributed by atoms with Crippen molar-refractivity contribution >= 4 is 5.97 Å². The molecule has 1 fully saturated rings. The maximum absolute atomic E-state index is 11.8. The van der Waals surface area contributed by atoms with Gasteiger partial charge in [-0.25, -0.2) is 0 Å². The van der Waals surface area contributed by atoms with Gasteiger partial charge >= 0.3 is 5.97 Å². The monoisotopic (exact) mass is 354 g/mol. The Hall–Kier alpha value is -1.51. The highest BCUT2D eigenvalue weighted by Crippen LogP contribution is 2.24. The number of aliphatic hydroxyl groups excluding tert-OH is 3. The second-order valence-corrected chi connectivity index (χ2v) is 7.16. The van der Waals surface area contributed by atoms with Crippen molar-refractivity contribution in [2.45, 2.75) is 58.1 Å².